The molecule has 4 rings (SSSR count). The van der Waals surface area contributed by atoms with E-state index < -0.39 is 0 Å². The molecule has 1 aliphatic heterocycles. The van der Waals surface area contributed by atoms with Gasteiger partial charge in [-0.2, -0.15) is 0 Å². The lowest BCUT2D eigenvalue weighted by atomic mass is 10.1. The fourth-order valence-corrected chi connectivity index (χ4v) is 3.03. The van der Waals surface area contributed by atoms with Crippen molar-refractivity contribution in [3.05, 3.63) is 82.1 Å². The van der Waals surface area contributed by atoms with Crippen LogP contribution in [0.2, 0.25) is 0 Å². The van der Waals surface area contributed by atoms with Crippen molar-refractivity contribution in [3.63, 3.8) is 0 Å². The summed E-state index contributed by atoms with van der Waals surface area (Å²) in [4.78, 5) is 10.9. The lowest BCUT2D eigenvalue weighted by molar-refractivity contribution is 0.627. The van der Waals surface area contributed by atoms with E-state index in [1.54, 1.807) is 24.5 Å². The summed E-state index contributed by atoms with van der Waals surface area (Å²) in [5, 5.41) is 0. The van der Waals surface area contributed by atoms with Crippen LogP contribution in [-0.4, -0.2) is 9.97 Å². The highest BCUT2D eigenvalue weighted by atomic mass is 79.9. The Balaban J connectivity index is 1.84. The Bertz CT molecular complexity index is 922. The number of rotatable bonds is 2. The zero-order valence-corrected chi connectivity index (χ0v) is 14.2. The van der Waals surface area contributed by atoms with Gasteiger partial charge in [-0.1, -0.05) is 30.4 Å². The Morgan fingerprint density at radius 2 is 1.62 bits per heavy atom. The third kappa shape index (κ3) is 2.83. The molecule has 0 spiro atoms. The topological polar surface area (TPSA) is 29.0 Å². The van der Waals surface area contributed by atoms with Gasteiger partial charge in [0, 0.05) is 29.3 Å². The summed E-state index contributed by atoms with van der Waals surface area (Å²) in [6.07, 6.45) is 7.42. The van der Waals surface area contributed by atoms with E-state index in [0.717, 1.165) is 27.0 Å². The van der Waals surface area contributed by atoms with Crippen LogP contribution in [-0.2, 0) is 6.54 Å². The zero-order chi connectivity index (χ0) is 16.5. The molecule has 3 aromatic rings. The van der Waals surface area contributed by atoms with E-state index in [2.05, 4.69) is 36.9 Å². The van der Waals surface area contributed by atoms with E-state index in [9.17, 15) is 4.39 Å². The molecule has 0 radical (unpaired) electrons. The largest absolute Gasteiger partial charge is 0.333 e. The Morgan fingerprint density at radius 3 is 2.46 bits per heavy atom. The number of hydrogen-bond donors (Lipinski definition) is 0. The number of halogens is 2. The van der Waals surface area contributed by atoms with Gasteiger partial charge in [0.05, 0.1) is 11.0 Å². The van der Waals surface area contributed by atoms with Gasteiger partial charge in [0.2, 0.25) is 0 Å². The monoisotopic (exact) mass is 381 g/mol. The van der Waals surface area contributed by atoms with Gasteiger partial charge in [-0.25, -0.2) is 14.4 Å². The van der Waals surface area contributed by atoms with E-state index in [-0.39, 0.29) is 5.82 Å². The van der Waals surface area contributed by atoms with Crippen LogP contribution in [0.1, 0.15) is 17.0 Å². The highest BCUT2D eigenvalue weighted by molar-refractivity contribution is 9.10. The van der Waals surface area contributed by atoms with Gasteiger partial charge in [0.15, 0.2) is 0 Å². The lowest BCUT2D eigenvalue weighted by Crippen LogP contribution is -2.19. The van der Waals surface area contributed by atoms with Crippen LogP contribution in [0, 0.1) is 5.82 Å². The zero-order valence-electron chi connectivity index (χ0n) is 12.7. The number of anilines is 2. The van der Waals surface area contributed by atoms with Crippen LogP contribution in [0.5, 0.6) is 0 Å². The summed E-state index contributed by atoms with van der Waals surface area (Å²) in [5.74, 6) is 0.453. The minimum absolute atomic E-state index is 0.246. The summed E-state index contributed by atoms with van der Waals surface area (Å²) in [7, 11) is 0. The molecule has 2 aromatic carbocycles. The predicted octanol–water partition coefficient (Wildman–Crippen LogP) is 5.20. The number of para-hydroxylation sites is 1. The number of aromatic nitrogens is 2. The van der Waals surface area contributed by atoms with E-state index >= 15 is 0 Å². The minimum Gasteiger partial charge on any atom is -0.333 e. The molecule has 5 heteroatoms. The highest BCUT2D eigenvalue weighted by Crippen LogP contribution is 2.37. The maximum atomic E-state index is 13.7. The van der Waals surface area contributed by atoms with Crippen molar-refractivity contribution in [2.45, 2.75) is 6.54 Å². The number of nitrogens with zero attached hydrogens (tertiary/aromatic N) is 3. The number of hydrogen-bond acceptors (Lipinski definition) is 3. The molecule has 1 aromatic heterocycles. The van der Waals surface area contributed by atoms with Gasteiger partial charge in [0.25, 0.3) is 0 Å². The lowest BCUT2D eigenvalue weighted by Gasteiger charge is -2.26. The maximum Gasteiger partial charge on any atom is 0.147 e. The standard InChI is InChI=1S/C19H13BrFN3/c20-15-10-22-19(23-11-15)12-24-17-4-2-1-3-13(17)5-6-14-9-16(21)7-8-18(14)24/h1-11H,12H2. The van der Waals surface area contributed by atoms with Crippen molar-refractivity contribution in [2.24, 2.45) is 0 Å². The second kappa shape index (κ2) is 6.17. The van der Waals surface area contributed by atoms with Crippen molar-refractivity contribution in [2.75, 3.05) is 4.90 Å². The van der Waals surface area contributed by atoms with Gasteiger partial charge >= 0.3 is 0 Å². The predicted molar refractivity (Wildman–Crippen MR) is 97.3 cm³/mol. The third-order valence-electron chi connectivity index (χ3n) is 3.92. The van der Waals surface area contributed by atoms with Crippen molar-refractivity contribution in [1.29, 1.82) is 0 Å². The van der Waals surface area contributed by atoms with E-state index in [0.29, 0.717) is 12.4 Å². The molecule has 2 heterocycles. The molecule has 0 saturated heterocycles. The van der Waals surface area contributed by atoms with Crippen molar-refractivity contribution < 1.29 is 4.39 Å². The van der Waals surface area contributed by atoms with Gasteiger partial charge in [-0.15, -0.1) is 0 Å². The summed E-state index contributed by atoms with van der Waals surface area (Å²) >= 11 is 3.35. The molecule has 24 heavy (non-hydrogen) atoms. The molecule has 0 atom stereocenters. The van der Waals surface area contributed by atoms with Crippen molar-refractivity contribution in [3.8, 4) is 0 Å². The Hall–Kier alpha value is -2.53. The Morgan fingerprint density at radius 1 is 0.917 bits per heavy atom. The number of fused-ring (bicyclic) bond motifs is 2. The molecule has 0 bridgehead atoms. The molecular formula is C19H13BrFN3. The average Bonchev–Trinajstić information content (AvgIpc) is 2.74. The minimum atomic E-state index is -0.246. The number of benzene rings is 2. The first kappa shape index (κ1) is 15.0. The molecule has 0 aliphatic carbocycles. The molecular weight excluding hydrogens is 369 g/mol. The van der Waals surface area contributed by atoms with Crippen molar-refractivity contribution >= 4 is 39.5 Å². The smallest absolute Gasteiger partial charge is 0.147 e. The SMILES string of the molecule is Fc1ccc2c(c1)C=Cc1ccccc1N2Cc1ncc(Br)cn1. The van der Waals surface area contributed by atoms with Gasteiger partial charge in [0.1, 0.15) is 11.6 Å². The first-order valence-corrected chi connectivity index (χ1v) is 8.30. The second-order valence-corrected chi connectivity index (χ2v) is 6.41. The molecule has 1 aliphatic rings. The van der Waals surface area contributed by atoms with E-state index in [4.69, 9.17) is 0 Å². The fourth-order valence-electron chi connectivity index (χ4n) is 2.82. The van der Waals surface area contributed by atoms with Crippen LogP contribution in [0.25, 0.3) is 12.2 Å². The van der Waals surface area contributed by atoms with Crippen LogP contribution < -0.4 is 4.90 Å². The Kier molecular flexibility index (Phi) is 3.86. The molecule has 3 nitrogen and oxygen atoms in total. The first-order chi connectivity index (χ1) is 11.7. The summed E-state index contributed by atoms with van der Waals surface area (Å²) in [6.45, 7) is 0.505. The van der Waals surface area contributed by atoms with Crippen LogP contribution in [0.3, 0.4) is 0 Å². The summed E-state index contributed by atoms with van der Waals surface area (Å²) < 4.78 is 14.5. The summed E-state index contributed by atoms with van der Waals surface area (Å²) in [6, 6.07) is 12.9. The molecule has 0 N–H and O–H groups in total. The molecule has 0 saturated carbocycles. The molecule has 0 fully saturated rings. The average molecular weight is 382 g/mol. The van der Waals surface area contributed by atoms with E-state index in [1.807, 2.05) is 30.4 Å². The highest BCUT2D eigenvalue weighted by Gasteiger charge is 2.19. The van der Waals surface area contributed by atoms with E-state index in [1.165, 1.54) is 6.07 Å². The second-order valence-electron chi connectivity index (χ2n) is 5.50. The fraction of sp³-hybridized carbons (Fsp3) is 0.0526. The van der Waals surface area contributed by atoms with Crippen LogP contribution in [0.4, 0.5) is 15.8 Å². The van der Waals surface area contributed by atoms with Crippen LogP contribution >= 0.6 is 15.9 Å². The molecule has 0 unspecified atom stereocenters. The van der Waals surface area contributed by atoms with Gasteiger partial charge in [-0.3, -0.25) is 0 Å². The maximum absolute atomic E-state index is 13.7. The third-order valence-corrected chi connectivity index (χ3v) is 4.33. The first-order valence-electron chi connectivity index (χ1n) is 7.51. The van der Waals surface area contributed by atoms with Crippen molar-refractivity contribution in [1.82, 2.24) is 9.97 Å². The van der Waals surface area contributed by atoms with Gasteiger partial charge < -0.3 is 4.90 Å². The van der Waals surface area contributed by atoms with Crippen LogP contribution in [0.15, 0.2) is 59.3 Å². The Labute approximate surface area is 147 Å². The molecule has 0 amide bonds. The van der Waals surface area contributed by atoms with Gasteiger partial charge in [-0.05, 0) is 45.8 Å². The quantitative estimate of drug-likeness (QED) is 0.610. The normalized spacial score (nSPS) is 12.5. The summed E-state index contributed by atoms with van der Waals surface area (Å²) in [5.41, 5.74) is 3.89. The molecule has 118 valence electrons.